The molecule has 134 valence electrons. The minimum Gasteiger partial charge on any atom is -0.465 e. The van der Waals surface area contributed by atoms with Gasteiger partial charge in [-0.15, -0.1) is 0 Å². The van der Waals surface area contributed by atoms with Gasteiger partial charge in [0.25, 0.3) is 0 Å². The average molecular weight is 359 g/mol. The molecule has 0 fully saturated rings. The molecule has 0 aliphatic carbocycles. The van der Waals surface area contributed by atoms with Crippen LogP contribution in [-0.2, 0) is 4.74 Å². The van der Waals surface area contributed by atoms with Crippen LogP contribution in [0.5, 0.6) is 0 Å². The van der Waals surface area contributed by atoms with Crippen LogP contribution >= 0.6 is 0 Å². The fourth-order valence-corrected chi connectivity index (χ4v) is 2.47. The van der Waals surface area contributed by atoms with Crippen LogP contribution in [0.3, 0.4) is 0 Å². The van der Waals surface area contributed by atoms with Gasteiger partial charge in [-0.1, -0.05) is 12.1 Å². The van der Waals surface area contributed by atoms with Crippen molar-refractivity contribution < 1.29 is 9.53 Å². The fourth-order valence-electron chi connectivity index (χ4n) is 2.47. The molecule has 0 unspecified atom stereocenters. The number of carbonyl (C=O) groups is 1. The molecule has 7 heteroatoms. The van der Waals surface area contributed by atoms with E-state index < -0.39 is 5.97 Å². The van der Waals surface area contributed by atoms with Crippen molar-refractivity contribution in [1.82, 2.24) is 9.97 Å². The fraction of sp³-hybridized carbons (Fsp3) is 0.100. The molecule has 7 nitrogen and oxygen atoms in total. The lowest BCUT2D eigenvalue weighted by Gasteiger charge is -2.11. The zero-order chi connectivity index (χ0) is 19.2. The van der Waals surface area contributed by atoms with Gasteiger partial charge in [-0.25, -0.2) is 9.78 Å². The van der Waals surface area contributed by atoms with Gasteiger partial charge in [0.15, 0.2) is 0 Å². The molecule has 0 spiro atoms. The van der Waals surface area contributed by atoms with Crippen LogP contribution in [0.15, 0.2) is 54.6 Å². The van der Waals surface area contributed by atoms with Crippen molar-refractivity contribution in [3.05, 3.63) is 71.4 Å². The number of anilines is 4. The lowest BCUT2D eigenvalue weighted by molar-refractivity contribution is 0.0601. The molecular formula is C20H17N5O2. The minimum absolute atomic E-state index is 0.400. The molecule has 0 atom stereocenters. The summed E-state index contributed by atoms with van der Waals surface area (Å²) < 4.78 is 4.74. The standard InChI is InChI=1S/C20H17N5O2/c1-13-9-18(23-17-8-4-6-15(11-17)19(26)27-2)25-20(22-13)24-16-7-3-5-14(10-16)12-21/h3-11H,1-2H3,(H2,22,23,24,25). The van der Waals surface area contributed by atoms with Crippen molar-refractivity contribution in [1.29, 1.82) is 5.26 Å². The van der Waals surface area contributed by atoms with Gasteiger partial charge in [-0.3, -0.25) is 0 Å². The summed E-state index contributed by atoms with van der Waals surface area (Å²) in [7, 11) is 1.34. The predicted molar refractivity (Wildman–Crippen MR) is 102 cm³/mol. The topological polar surface area (TPSA) is 99.9 Å². The van der Waals surface area contributed by atoms with Gasteiger partial charge in [-0.05, 0) is 43.3 Å². The maximum absolute atomic E-state index is 11.7. The first-order chi connectivity index (χ1) is 13.1. The Kier molecular flexibility index (Phi) is 5.28. The molecule has 2 aromatic carbocycles. The van der Waals surface area contributed by atoms with Crippen LogP contribution in [0.4, 0.5) is 23.1 Å². The molecule has 0 saturated carbocycles. The number of methoxy groups -OCH3 is 1. The van der Waals surface area contributed by atoms with Crippen LogP contribution in [0.25, 0.3) is 0 Å². The van der Waals surface area contributed by atoms with Gasteiger partial charge in [0, 0.05) is 23.1 Å². The summed E-state index contributed by atoms with van der Waals surface area (Å²) >= 11 is 0. The van der Waals surface area contributed by atoms with Crippen molar-refractivity contribution in [2.45, 2.75) is 6.92 Å². The number of aryl methyl sites for hydroxylation is 1. The van der Waals surface area contributed by atoms with E-state index in [2.05, 4.69) is 26.7 Å². The summed E-state index contributed by atoms with van der Waals surface area (Å²) in [6.45, 7) is 1.86. The van der Waals surface area contributed by atoms with E-state index in [4.69, 9.17) is 10.00 Å². The highest BCUT2D eigenvalue weighted by molar-refractivity contribution is 5.90. The first-order valence-electron chi connectivity index (χ1n) is 8.15. The monoisotopic (exact) mass is 359 g/mol. The largest absolute Gasteiger partial charge is 0.465 e. The SMILES string of the molecule is COC(=O)c1cccc(Nc2cc(C)nc(Nc3cccc(C#N)c3)n2)c1. The number of rotatable bonds is 5. The molecule has 27 heavy (non-hydrogen) atoms. The summed E-state index contributed by atoms with van der Waals surface area (Å²) in [5.41, 5.74) is 3.17. The Morgan fingerprint density at radius 3 is 2.52 bits per heavy atom. The molecule has 3 aromatic rings. The predicted octanol–water partition coefficient (Wildman–Crippen LogP) is 3.93. The van der Waals surface area contributed by atoms with Crippen LogP contribution in [-0.4, -0.2) is 23.0 Å². The molecule has 0 bridgehead atoms. The molecule has 2 N–H and O–H groups in total. The van der Waals surface area contributed by atoms with E-state index in [1.165, 1.54) is 7.11 Å². The second-order valence-corrected chi connectivity index (χ2v) is 5.73. The van der Waals surface area contributed by atoms with E-state index in [1.807, 2.05) is 19.1 Å². The summed E-state index contributed by atoms with van der Waals surface area (Å²) in [5.74, 6) is 0.567. The number of aromatic nitrogens is 2. The minimum atomic E-state index is -0.405. The van der Waals surface area contributed by atoms with Gasteiger partial charge in [-0.2, -0.15) is 10.2 Å². The Hall–Kier alpha value is -3.92. The third-order valence-corrected chi connectivity index (χ3v) is 3.66. The number of hydrogen-bond donors (Lipinski definition) is 2. The maximum atomic E-state index is 11.7. The molecule has 0 amide bonds. The Morgan fingerprint density at radius 2 is 1.78 bits per heavy atom. The molecule has 1 aromatic heterocycles. The zero-order valence-electron chi connectivity index (χ0n) is 14.9. The van der Waals surface area contributed by atoms with E-state index in [0.29, 0.717) is 28.6 Å². The third-order valence-electron chi connectivity index (χ3n) is 3.66. The van der Waals surface area contributed by atoms with Crippen molar-refractivity contribution in [3.63, 3.8) is 0 Å². The number of nitrogens with zero attached hydrogens (tertiary/aromatic N) is 3. The summed E-state index contributed by atoms with van der Waals surface area (Å²) in [4.78, 5) is 20.5. The number of hydrogen-bond acceptors (Lipinski definition) is 7. The quantitative estimate of drug-likeness (QED) is 0.666. The summed E-state index contributed by atoms with van der Waals surface area (Å²) in [6, 6.07) is 17.9. The Labute approximate surface area is 156 Å². The van der Waals surface area contributed by atoms with Crippen LogP contribution in [0.1, 0.15) is 21.6 Å². The van der Waals surface area contributed by atoms with E-state index in [9.17, 15) is 4.79 Å². The van der Waals surface area contributed by atoms with E-state index in [1.54, 1.807) is 42.5 Å². The van der Waals surface area contributed by atoms with Crippen LogP contribution in [0, 0.1) is 18.3 Å². The van der Waals surface area contributed by atoms with E-state index in [-0.39, 0.29) is 0 Å². The van der Waals surface area contributed by atoms with Gasteiger partial charge in [0.2, 0.25) is 5.95 Å². The maximum Gasteiger partial charge on any atom is 0.337 e. The van der Waals surface area contributed by atoms with Crippen molar-refractivity contribution in [2.24, 2.45) is 0 Å². The van der Waals surface area contributed by atoms with E-state index in [0.717, 1.165) is 11.4 Å². The molecule has 1 heterocycles. The Morgan fingerprint density at radius 1 is 1.04 bits per heavy atom. The van der Waals surface area contributed by atoms with Crippen molar-refractivity contribution in [2.75, 3.05) is 17.7 Å². The third kappa shape index (κ3) is 4.58. The lowest BCUT2D eigenvalue weighted by Crippen LogP contribution is -2.04. The first-order valence-corrected chi connectivity index (χ1v) is 8.15. The van der Waals surface area contributed by atoms with Gasteiger partial charge >= 0.3 is 5.97 Å². The molecule has 3 rings (SSSR count). The van der Waals surface area contributed by atoms with Gasteiger partial charge in [0.05, 0.1) is 24.3 Å². The number of nitrogens with one attached hydrogen (secondary N) is 2. The number of esters is 1. The number of carbonyl (C=O) groups excluding carboxylic acids is 1. The highest BCUT2D eigenvalue weighted by atomic mass is 16.5. The molecule has 0 radical (unpaired) electrons. The number of nitriles is 1. The van der Waals surface area contributed by atoms with Gasteiger partial charge < -0.3 is 15.4 Å². The van der Waals surface area contributed by atoms with Gasteiger partial charge in [0.1, 0.15) is 5.82 Å². The number of benzene rings is 2. The summed E-state index contributed by atoms with van der Waals surface area (Å²) in [6.07, 6.45) is 0. The first kappa shape index (κ1) is 17.9. The second kappa shape index (κ2) is 7.97. The van der Waals surface area contributed by atoms with Crippen molar-refractivity contribution in [3.8, 4) is 6.07 Å². The van der Waals surface area contributed by atoms with Crippen molar-refractivity contribution >= 4 is 29.1 Å². The Bertz CT molecular complexity index is 1030. The van der Waals surface area contributed by atoms with Crippen LogP contribution < -0.4 is 10.6 Å². The highest BCUT2D eigenvalue weighted by Gasteiger charge is 2.08. The molecule has 0 saturated heterocycles. The lowest BCUT2D eigenvalue weighted by atomic mass is 10.2. The molecular weight excluding hydrogens is 342 g/mol. The normalized spacial score (nSPS) is 9.96. The van der Waals surface area contributed by atoms with E-state index >= 15 is 0 Å². The molecule has 0 aliphatic heterocycles. The molecule has 0 aliphatic rings. The smallest absolute Gasteiger partial charge is 0.337 e. The second-order valence-electron chi connectivity index (χ2n) is 5.73. The summed E-state index contributed by atoms with van der Waals surface area (Å²) in [5, 5.41) is 15.3. The zero-order valence-corrected chi connectivity index (χ0v) is 14.9. The highest BCUT2D eigenvalue weighted by Crippen LogP contribution is 2.20. The van der Waals surface area contributed by atoms with Crippen LogP contribution in [0.2, 0.25) is 0 Å². The number of ether oxygens (including phenoxy) is 1. The Balaban J connectivity index is 1.83. The average Bonchev–Trinajstić information content (AvgIpc) is 2.67.